The van der Waals surface area contributed by atoms with E-state index in [1.807, 2.05) is 13.8 Å². The number of hydrogen-bond acceptors (Lipinski definition) is 5. The number of nitrogens with zero attached hydrogens (tertiary/aromatic N) is 4. The van der Waals surface area contributed by atoms with Gasteiger partial charge < -0.3 is 15.6 Å². The summed E-state index contributed by atoms with van der Waals surface area (Å²) in [5, 5.41) is 12.0. The Balaban J connectivity index is 1.78. The highest BCUT2D eigenvalue weighted by atomic mass is 32.1. The molecule has 0 aliphatic heterocycles. The van der Waals surface area contributed by atoms with Gasteiger partial charge in [-0.3, -0.25) is 9.59 Å². The summed E-state index contributed by atoms with van der Waals surface area (Å²) in [4.78, 5) is 34.9. The van der Waals surface area contributed by atoms with Crippen LogP contribution in [0.25, 0.3) is 21.3 Å². The molecule has 9 nitrogen and oxygen atoms in total. The van der Waals surface area contributed by atoms with Gasteiger partial charge in [0, 0.05) is 33.1 Å². The Labute approximate surface area is 158 Å². The van der Waals surface area contributed by atoms with E-state index < -0.39 is 11.9 Å². The number of H-pyrrole nitrogens is 1. The van der Waals surface area contributed by atoms with E-state index in [2.05, 4.69) is 30.6 Å². The summed E-state index contributed by atoms with van der Waals surface area (Å²) < 4.78 is 0. The summed E-state index contributed by atoms with van der Waals surface area (Å²) in [7, 11) is 0. The second-order valence-electron chi connectivity index (χ2n) is 6.17. The lowest BCUT2D eigenvalue weighted by atomic mass is 10.0. The zero-order chi connectivity index (χ0) is 19.4. The van der Waals surface area contributed by atoms with Crippen molar-refractivity contribution in [3.8, 4) is 0 Å². The number of hydrogen-bond donors (Lipinski definition) is 3. The van der Waals surface area contributed by atoms with Crippen molar-refractivity contribution in [3.05, 3.63) is 52.0 Å². The minimum atomic E-state index is -0.716. The summed E-state index contributed by atoms with van der Waals surface area (Å²) >= 11 is 1.31. The largest absolute Gasteiger partial charge is 0.351 e. The lowest BCUT2D eigenvalue weighted by Crippen LogP contribution is -2.47. The third kappa shape index (κ3) is 4.25. The SMILES string of the molecule is CC(C)[C@H](NC(=O)c1cc2cc(N=[N+]=[N-])ccc2[nH]1)C(=O)Nc1nccs1. The van der Waals surface area contributed by atoms with Gasteiger partial charge in [0.1, 0.15) is 11.7 Å². The quantitative estimate of drug-likeness (QED) is 0.337. The van der Waals surface area contributed by atoms with E-state index in [4.69, 9.17) is 5.53 Å². The number of thiazole rings is 1. The van der Waals surface area contributed by atoms with Crippen LogP contribution in [0.1, 0.15) is 24.3 Å². The van der Waals surface area contributed by atoms with Crippen LogP contribution >= 0.6 is 11.3 Å². The number of carbonyl (C=O) groups excluding carboxylic acids is 2. The molecule has 0 unspecified atom stereocenters. The van der Waals surface area contributed by atoms with Crippen molar-refractivity contribution in [3.63, 3.8) is 0 Å². The van der Waals surface area contributed by atoms with E-state index in [1.165, 1.54) is 11.3 Å². The summed E-state index contributed by atoms with van der Waals surface area (Å²) in [5.74, 6) is -0.838. The second-order valence-corrected chi connectivity index (χ2v) is 7.06. The summed E-state index contributed by atoms with van der Waals surface area (Å²) in [6.45, 7) is 3.70. The highest BCUT2D eigenvalue weighted by molar-refractivity contribution is 7.13. The zero-order valence-electron chi connectivity index (χ0n) is 14.6. The highest BCUT2D eigenvalue weighted by Crippen LogP contribution is 2.22. The molecule has 0 aliphatic rings. The Morgan fingerprint density at radius 3 is 2.81 bits per heavy atom. The van der Waals surface area contributed by atoms with Crippen LogP contribution in [0.3, 0.4) is 0 Å². The number of anilines is 1. The molecule has 3 rings (SSSR count). The molecule has 10 heteroatoms. The second kappa shape index (κ2) is 7.90. The molecular weight excluding hydrogens is 366 g/mol. The molecule has 0 radical (unpaired) electrons. The molecule has 2 heterocycles. The third-order valence-electron chi connectivity index (χ3n) is 3.91. The molecule has 1 aromatic carbocycles. The fourth-order valence-corrected chi connectivity index (χ4v) is 3.11. The van der Waals surface area contributed by atoms with Gasteiger partial charge in [-0.15, -0.1) is 11.3 Å². The molecule has 0 saturated heterocycles. The Bertz CT molecular complexity index is 1020. The van der Waals surface area contributed by atoms with Gasteiger partial charge in [0.05, 0.1) is 0 Å². The first-order chi connectivity index (χ1) is 13.0. The number of amides is 2. The van der Waals surface area contributed by atoms with Gasteiger partial charge in [0.2, 0.25) is 5.91 Å². The van der Waals surface area contributed by atoms with E-state index in [9.17, 15) is 9.59 Å². The number of azide groups is 1. The van der Waals surface area contributed by atoms with Crippen molar-refractivity contribution in [1.29, 1.82) is 0 Å². The van der Waals surface area contributed by atoms with E-state index in [-0.39, 0.29) is 11.8 Å². The lowest BCUT2D eigenvalue weighted by molar-refractivity contribution is -0.118. The fourth-order valence-electron chi connectivity index (χ4n) is 2.58. The molecule has 0 bridgehead atoms. The Morgan fingerprint density at radius 1 is 1.33 bits per heavy atom. The van der Waals surface area contributed by atoms with Crippen LogP contribution in [-0.4, -0.2) is 27.8 Å². The Morgan fingerprint density at radius 2 is 2.15 bits per heavy atom. The van der Waals surface area contributed by atoms with Crippen molar-refractivity contribution in [2.75, 3.05) is 5.32 Å². The van der Waals surface area contributed by atoms with Gasteiger partial charge in [-0.25, -0.2) is 4.98 Å². The number of aromatic nitrogens is 2. The first-order valence-electron chi connectivity index (χ1n) is 8.17. The van der Waals surface area contributed by atoms with E-state index in [0.717, 1.165) is 10.9 Å². The van der Waals surface area contributed by atoms with Crippen molar-refractivity contribution in [2.45, 2.75) is 19.9 Å². The third-order valence-corrected chi connectivity index (χ3v) is 4.60. The molecule has 27 heavy (non-hydrogen) atoms. The number of rotatable bonds is 6. The monoisotopic (exact) mass is 383 g/mol. The van der Waals surface area contributed by atoms with Gasteiger partial charge in [-0.2, -0.15) is 0 Å². The number of benzene rings is 1. The van der Waals surface area contributed by atoms with Gasteiger partial charge in [0.15, 0.2) is 5.13 Å². The zero-order valence-corrected chi connectivity index (χ0v) is 15.4. The molecule has 3 aromatic rings. The molecular formula is C17H17N7O2S. The van der Waals surface area contributed by atoms with Crippen LogP contribution in [0.15, 0.2) is 41.0 Å². The van der Waals surface area contributed by atoms with Crippen LogP contribution in [0, 0.1) is 5.92 Å². The normalized spacial score (nSPS) is 11.8. The van der Waals surface area contributed by atoms with Gasteiger partial charge >= 0.3 is 0 Å². The van der Waals surface area contributed by atoms with Gasteiger partial charge in [0.25, 0.3) is 5.91 Å². The topological polar surface area (TPSA) is 136 Å². The minimum Gasteiger partial charge on any atom is -0.351 e. The maximum atomic E-state index is 12.6. The maximum Gasteiger partial charge on any atom is 0.268 e. The maximum absolute atomic E-state index is 12.6. The average molecular weight is 383 g/mol. The van der Waals surface area contributed by atoms with Crippen molar-refractivity contribution >= 4 is 44.9 Å². The molecule has 3 N–H and O–H groups in total. The van der Waals surface area contributed by atoms with Crippen LogP contribution in [0.4, 0.5) is 10.8 Å². The lowest BCUT2D eigenvalue weighted by Gasteiger charge is -2.20. The standard InChI is InChI=1S/C17H17N7O2S/c1-9(2)14(16(26)22-17-19-5-6-27-17)21-15(25)13-8-10-7-11(23-24-18)3-4-12(10)20-13/h3-9,14,20H,1-2H3,(H,21,25)(H,19,22,26)/t14-/m0/s1. The van der Waals surface area contributed by atoms with Crippen LogP contribution in [-0.2, 0) is 4.79 Å². The smallest absolute Gasteiger partial charge is 0.268 e. The predicted molar refractivity (Wildman–Crippen MR) is 104 cm³/mol. The highest BCUT2D eigenvalue weighted by Gasteiger charge is 2.26. The van der Waals surface area contributed by atoms with Crippen molar-refractivity contribution in [1.82, 2.24) is 15.3 Å². The molecule has 138 valence electrons. The number of aromatic amines is 1. The molecule has 2 amide bonds. The number of fused-ring (bicyclic) bond motifs is 1. The molecule has 0 spiro atoms. The number of carbonyl (C=O) groups is 2. The molecule has 0 aliphatic carbocycles. The molecule has 2 aromatic heterocycles. The van der Waals surface area contributed by atoms with Crippen molar-refractivity contribution in [2.24, 2.45) is 11.0 Å². The first-order valence-corrected chi connectivity index (χ1v) is 9.05. The van der Waals surface area contributed by atoms with Gasteiger partial charge in [-0.1, -0.05) is 25.0 Å². The molecule has 1 atom stereocenters. The summed E-state index contributed by atoms with van der Waals surface area (Å²) in [6.07, 6.45) is 1.60. The van der Waals surface area contributed by atoms with Crippen LogP contribution < -0.4 is 10.6 Å². The van der Waals surface area contributed by atoms with E-state index in [0.29, 0.717) is 16.5 Å². The van der Waals surface area contributed by atoms with Crippen LogP contribution in [0.2, 0.25) is 0 Å². The van der Waals surface area contributed by atoms with E-state index >= 15 is 0 Å². The first kappa shape index (κ1) is 18.4. The Kier molecular flexibility index (Phi) is 5.39. The van der Waals surface area contributed by atoms with Crippen molar-refractivity contribution < 1.29 is 9.59 Å². The molecule has 0 saturated carbocycles. The van der Waals surface area contributed by atoms with E-state index in [1.54, 1.807) is 35.8 Å². The van der Waals surface area contributed by atoms with Gasteiger partial charge in [-0.05, 0) is 29.6 Å². The molecule has 0 fully saturated rings. The minimum absolute atomic E-state index is 0.116. The fraction of sp³-hybridized carbons (Fsp3) is 0.235. The average Bonchev–Trinajstić information content (AvgIpc) is 3.28. The summed E-state index contributed by atoms with van der Waals surface area (Å²) in [5.41, 5.74) is 10.0. The van der Waals surface area contributed by atoms with Crippen LogP contribution in [0.5, 0.6) is 0 Å². The summed E-state index contributed by atoms with van der Waals surface area (Å²) in [6, 6.07) is 5.99. The predicted octanol–water partition coefficient (Wildman–Crippen LogP) is 3.96. The Hall–Kier alpha value is -3.36. The number of nitrogens with one attached hydrogen (secondary N) is 3.